The number of amides is 1. The van der Waals surface area contributed by atoms with Gasteiger partial charge in [-0.2, -0.15) is 0 Å². The molecule has 0 radical (unpaired) electrons. The van der Waals surface area contributed by atoms with Gasteiger partial charge in [0.15, 0.2) is 0 Å². The minimum atomic E-state index is -0.424. The predicted molar refractivity (Wildman–Crippen MR) is 84.8 cm³/mol. The van der Waals surface area contributed by atoms with Gasteiger partial charge in [0.05, 0.1) is 4.92 Å². The summed E-state index contributed by atoms with van der Waals surface area (Å²) in [4.78, 5) is 25.1. The van der Waals surface area contributed by atoms with E-state index < -0.39 is 4.92 Å². The van der Waals surface area contributed by atoms with E-state index >= 15 is 0 Å². The molecule has 0 aromatic heterocycles. The van der Waals surface area contributed by atoms with E-state index in [2.05, 4.69) is 22.9 Å². The van der Waals surface area contributed by atoms with Crippen LogP contribution in [-0.4, -0.2) is 33.6 Å². The monoisotopic (exact) mass is 354 g/mol. The first-order valence-corrected chi connectivity index (χ1v) is 8.00. The molecule has 1 aromatic carbocycles. The van der Waals surface area contributed by atoms with E-state index in [9.17, 15) is 14.9 Å². The Morgan fingerprint density at radius 2 is 2.05 bits per heavy atom. The molecule has 0 aliphatic carbocycles. The second-order valence-electron chi connectivity index (χ2n) is 5.57. The van der Waals surface area contributed by atoms with Gasteiger partial charge in [-0.25, -0.2) is 0 Å². The van der Waals surface area contributed by atoms with Crippen LogP contribution in [0.2, 0.25) is 0 Å². The Balaban J connectivity index is 2.08. The van der Waals surface area contributed by atoms with Crippen molar-refractivity contribution in [3.05, 3.63) is 39.4 Å². The van der Waals surface area contributed by atoms with Crippen molar-refractivity contribution in [1.82, 2.24) is 4.90 Å². The Morgan fingerprint density at radius 3 is 2.52 bits per heavy atom. The molecule has 6 heteroatoms. The number of piperidine rings is 1. The minimum absolute atomic E-state index is 0.0336. The van der Waals surface area contributed by atoms with Gasteiger partial charge in [0.1, 0.15) is 0 Å². The van der Waals surface area contributed by atoms with Gasteiger partial charge in [-0.05, 0) is 37.8 Å². The Kier molecular flexibility index (Phi) is 4.98. The predicted octanol–water partition coefficient (Wildman–Crippen LogP) is 3.54. The highest BCUT2D eigenvalue weighted by atomic mass is 79.9. The second kappa shape index (κ2) is 6.56. The summed E-state index contributed by atoms with van der Waals surface area (Å²) in [6.07, 6.45) is 1.98. The molecule has 1 unspecified atom stereocenters. The molecule has 0 N–H and O–H groups in total. The minimum Gasteiger partial charge on any atom is -0.339 e. The maximum atomic E-state index is 12.5. The molecule has 1 saturated heterocycles. The van der Waals surface area contributed by atoms with Crippen LogP contribution < -0.4 is 0 Å². The van der Waals surface area contributed by atoms with Crippen LogP contribution in [0.25, 0.3) is 0 Å². The summed E-state index contributed by atoms with van der Waals surface area (Å²) >= 11 is 3.60. The molecule has 21 heavy (non-hydrogen) atoms. The van der Waals surface area contributed by atoms with E-state index in [0.717, 1.165) is 25.9 Å². The second-order valence-corrected chi connectivity index (χ2v) is 7.01. The molecular formula is C15H19BrN2O3. The first kappa shape index (κ1) is 15.9. The number of alkyl halides is 1. The molecule has 5 nitrogen and oxygen atoms in total. The SMILES string of the molecule is Cc1cc(C(=O)N2CCC(C(C)Br)CC2)ccc1[N+](=O)[O-]. The van der Waals surface area contributed by atoms with Crippen molar-refractivity contribution in [2.45, 2.75) is 31.5 Å². The molecule has 0 spiro atoms. The lowest BCUT2D eigenvalue weighted by Crippen LogP contribution is -2.40. The van der Waals surface area contributed by atoms with Crippen LogP contribution in [0.5, 0.6) is 0 Å². The van der Waals surface area contributed by atoms with Crippen molar-refractivity contribution >= 4 is 27.5 Å². The van der Waals surface area contributed by atoms with Gasteiger partial charge in [0.25, 0.3) is 11.6 Å². The number of benzene rings is 1. The topological polar surface area (TPSA) is 63.5 Å². The molecule has 1 amide bonds. The number of nitro groups is 1. The molecule has 1 heterocycles. The summed E-state index contributed by atoms with van der Waals surface area (Å²) < 4.78 is 0. The van der Waals surface area contributed by atoms with Crippen LogP contribution in [0.1, 0.15) is 35.7 Å². The van der Waals surface area contributed by atoms with Gasteiger partial charge in [0.2, 0.25) is 0 Å². The summed E-state index contributed by atoms with van der Waals surface area (Å²) in [7, 11) is 0. The van der Waals surface area contributed by atoms with Gasteiger partial charge >= 0.3 is 0 Å². The van der Waals surface area contributed by atoms with E-state index in [1.54, 1.807) is 19.1 Å². The van der Waals surface area contributed by atoms with E-state index in [1.807, 2.05) is 4.90 Å². The van der Waals surface area contributed by atoms with Crippen LogP contribution >= 0.6 is 15.9 Å². The van der Waals surface area contributed by atoms with Crippen LogP contribution in [0.4, 0.5) is 5.69 Å². The molecule has 0 bridgehead atoms. The molecular weight excluding hydrogens is 336 g/mol. The van der Waals surface area contributed by atoms with Crippen molar-refractivity contribution < 1.29 is 9.72 Å². The summed E-state index contributed by atoms with van der Waals surface area (Å²) in [5.41, 5.74) is 1.11. The Bertz CT molecular complexity index is 552. The number of rotatable bonds is 3. The Labute approximate surface area is 132 Å². The van der Waals surface area contributed by atoms with Crippen LogP contribution in [0, 0.1) is 23.0 Å². The molecule has 1 atom stereocenters. The molecule has 1 aromatic rings. The number of hydrogen-bond acceptors (Lipinski definition) is 3. The van der Waals surface area contributed by atoms with Gasteiger partial charge in [-0.3, -0.25) is 14.9 Å². The number of nitro benzene ring substituents is 1. The van der Waals surface area contributed by atoms with Crippen molar-refractivity contribution in [2.75, 3.05) is 13.1 Å². The highest BCUT2D eigenvalue weighted by molar-refractivity contribution is 9.09. The fraction of sp³-hybridized carbons (Fsp3) is 0.533. The van der Waals surface area contributed by atoms with Gasteiger partial charge in [-0.15, -0.1) is 0 Å². The normalized spacial score (nSPS) is 17.6. The van der Waals surface area contributed by atoms with Crippen molar-refractivity contribution in [3.8, 4) is 0 Å². The van der Waals surface area contributed by atoms with E-state index in [1.165, 1.54) is 6.07 Å². The van der Waals surface area contributed by atoms with Gasteiger partial charge in [-0.1, -0.05) is 22.9 Å². The van der Waals surface area contributed by atoms with Crippen LogP contribution in [0.15, 0.2) is 18.2 Å². The van der Waals surface area contributed by atoms with Gasteiger partial charge in [0, 0.05) is 35.1 Å². The van der Waals surface area contributed by atoms with Crippen molar-refractivity contribution in [3.63, 3.8) is 0 Å². The largest absolute Gasteiger partial charge is 0.339 e. The van der Waals surface area contributed by atoms with Crippen molar-refractivity contribution in [1.29, 1.82) is 0 Å². The highest BCUT2D eigenvalue weighted by Gasteiger charge is 2.26. The van der Waals surface area contributed by atoms with Crippen molar-refractivity contribution in [2.24, 2.45) is 5.92 Å². The zero-order valence-electron chi connectivity index (χ0n) is 12.2. The number of nitrogens with zero attached hydrogens (tertiary/aromatic N) is 2. The molecule has 1 fully saturated rings. The van der Waals surface area contributed by atoms with Crippen LogP contribution in [-0.2, 0) is 0 Å². The molecule has 114 valence electrons. The lowest BCUT2D eigenvalue weighted by Gasteiger charge is -2.33. The summed E-state index contributed by atoms with van der Waals surface area (Å²) in [5.74, 6) is 0.571. The van der Waals surface area contributed by atoms with Crippen LogP contribution in [0.3, 0.4) is 0 Å². The third-order valence-corrected chi connectivity index (χ3v) is 4.86. The fourth-order valence-corrected chi connectivity index (χ4v) is 3.27. The third-order valence-electron chi connectivity index (χ3n) is 4.12. The van der Waals surface area contributed by atoms with E-state index in [-0.39, 0.29) is 11.6 Å². The number of aryl methyl sites for hydroxylation is 1. The first-order valence-electron chi connectivity index (χ1n) is 7.08. The highest BCUT2D eigenvalue weighted by Crippen LogP contribution is 2.26. The number of carbonyl (C=O) groups excluding carboxylic acids is 1. The number of carbonyl (C=O) groups is 1. The average molecular weight is 355 g/mol. The lowest BCUT2D eigenvalue weighted by atomic mass is 9.94. The molecule has 1 aliphatic rings. The zero-order valence-corrected chi connectivity index (χ0v) is 13.8. The summed E-state index contributed by atoms with van der Waals surface area (Å²) in [5, 5.41) is 10.8. The number of hydrogen-bond donors (Lipinski definition) is 0. The number of halogens is 1. The Hall–Kier alpha value is -1.43. The smallest absolute Gasteiger partial charge is 0.272 e. The summed E-state index contributed by atoms with van der Waals surface area (Å²) in [6, 6.07) is 4.57. The number of likely N-dealkylation sites (tertiary alicyclic amines) is 1. The quantitative estimate of drug-likeness (QED) is 0.473. The first-order chi connectivity index (χ1) is 9.90. The zero-order chi connectivity index (χ0) is 15.6. The fourth-order valence-electron chi connectivity index (χ4n) is 2.74. The third kappa shape index (κ3) is 3.61. The lowest BCUT2D eigenvalue weighted by molar-refractivity contribution is -0.385. The standard InChI is InChI=1S/C15H19BrN2O3/c1-10-9-13(3-4-14(10)18(20)21)15(19)17-7-5-12(6-8-17)11(2)16/h3-4,9,11-12H,5-8H2,1-2H3. The molecule has 1 aliphatic heterocycles. The maximum absolute atomic E-state index is 12.5. The molecule has 0 saturated carbocycles. The van der Waals surface area contributed by atoms with Gasteiger partial charge < -0.3 is 4.90 Å². The maximum Gasteiger partial charge on any atom is 0.272 e. The Morgan fingerprint density at radius 1 is 1.43 bits per heavy atom. The summed E-state index contributed by atoms with van der Waals surface area (Å²) in [6.45, 7) is 5.29. The molecule has 2 rings (SSSR count). The van der Waals surface area contributed by atoms with E-state index in [4.69, 9.17) is 0 Å². The average Bonchev–Trinajstić information content (AvgIpc) is 2.46. The van der Waals surface area contributed by atoms with E-state index in [0.29, 0.717) is 21.9 Å².